The minimum atomic E-state index is -0.469. The van der Waals surface area contributed by atoms with Crippen LogP contribution in [0.15, 0.2) is 30.3 Å². The highest BCUT2D eigenvalue weighted by Crippen LogP contribution is 2.31. The van der Waals surface area contributed by atoms with Gasteiger partial charge in [-0.15, -0.1) is 0 Å². The van der Waals surface area contributed by atoms with Crippen molar-refractivity contribution in [1.29, 1.82) is 0 Å². The van der Waals surface area contributed by atoms with Crippen molar-refractivity contribution in [3.05, 3.63) is 69.8 Å². The van der Waals surface area contributed by atoms with Crippen LogP contribution in [-0.2, 0) is 11.2 Å². The lowest BCUT2D eigenvalue weighted by molar-refractivity contribution is -0.917. The van der Waals surface area contributed by atoms with E-state index in [1.165, 1.54) is 72.8 Å². The summed E-state index contributed by atoms with van der Waals surface area (Å²) >= 11 is 0. The molecule has 1 fully saturated rings. The Balaban J connectivity index is 1.73. The van der Waals surface area contributed by atoms with Crippen molar-refractivity contribution in [3.8, 4) is 0 Å². The van der Waals surface area contributed by atoms with Gasteiger partial charge in [-0.2, -0.15) is 0 Å². The Morgan fingerprint density at radius 3 is 2.17 bits per heavy atom. The molecule has 0 radical (unpaired) electrons. The van der Waals surface area contributed by atoms with Crippen molar-refractivity contribution in [2.75, 3.05) is 33.3 Å². The summed E-state index contributed by atoms with van der Waals surface area (Å²) in [5.41, 5.74) is 5.24. The van der Waals surface area contributed by atoms with Crippen molar-refractivity contribution in [2.24, 2.45) is 0 Å². The second-order valence-electron chi connectivity index (χ2n) is 9.29. The maximum absolute atomic E-state index is 13.9. The van der Waals surface area contributed by atoms with Crippen LogP contribution in [0.1, 0.15) is 59.6 Å². The highest BCUT2D eigenvalue weighted by atomic mass is 19.1. The summed E-state index contributed by atoms with van der Waals surface area (Å²) in [7, 11) is 2.34. The molecule has 0 bridgehead atoms. The van der Waals surface area contributed by atoms with E-state index in [9.17, 15) is 8.78 Å². The van der Waals surface area contributed by atoms with Gasteiger partial charge in [0.05, 0.1) is 20.1 Å². The number of quaternary nitrogens is 1. The van der Waals surface area contributed by atoms with E-state index in [0.29, 0.717) is 19.4 Å². The molecule has 1 aliphatic rings. The molecule has 1 unspecified atom stereocenters. The Morgan fingerprint density at radius 2 is 1.57 bits per heavy atom. The zero-order valence-corrected chi connectivity index (χ0v) is 18.9. The van der Waals surface area contributed by atoms with Gasteiger partial charge >= 0.3 is 0 Å². The second-order valence-corrected chi connectivity index (χ2v) is 9.29. The monoisotopic (exact) mass is 416 g/mol. The second kappa shape index (κ2) is 10.0. The van der Waals surface area contributed by atoms with E-state index in [2.05, 4.69) is 40.0 Å². The van der Waals surface area contributed by atoms with Gasteiger partial charge in [-0.1, -0.05) is 23.8 Å². The summed E-state index contributed by atoms with van der Waals surface area (Å²) in [6.07, 6.45) is 4.80. The van der Waals surface area contributed by atoms with Gasteiger partial charge in [-0.25, -0.2) is 8.78 Å². The molecule has 164 valence electrons. The molecule has 0 saturated carbocycles. The zero-order chi connectivity index (χ0) is 21.7. The molecule has 1 atom stereocenters. The maximum Gasteiger partial charge on any atom is 0.132 e. The quantitative estimate of drug-likeness (QED) is 0.367. The van der Waals surface area contributed by atoms with Gasteiger partial charge in [0.2, 0.25) is 0 Å². The normalized spacial score (nSPS) is 17.1. The number of ether oxygens (including phenoxy) is 1. The number of piperidine rings is 1. The Labute approximate surface area is 180 Å². The summed E-state index contributed by atoms with van der Waals surface area (Å²) in [4.78, 5) is 0. The van der Waals surface area contributed by atoms with Gasteiger partial charge in [-0.05, 0) is 81.7 Å². The van der Waals surface area contributed by atoms with E-state index in [1.54, 1.807) is 0 Å². The summed E-state index contributed by atoms with van der Waals surface area (Å²) < 4.78 is 35.3. The molecule has 1 heterocycles. The maximum atomic E-state index is 13.9. The molecule has 0 aliphatic carbocycles. The topological polar surface area (TPSA) is 9.23 Å². The SMILES string of the molecule is Cc1cc(C)c(C(C[N+]2(C)CCCCC2)OCCCc2c(F)cccc2F)c(C)c1. The molecular weight excluding hydrogens is 380 g/mol. The van der Waals surface area contributed by atoms with Crippen LogP contribution in [0.4, 0.5) is 8.78 Å². The van der Waals surface area contributed by atoms with Gasteiger partial charge in [0.15, 0.2) is 0 Å². The van der Waals surface area contributed by atoms with Crippen molar-refractivity contribution in [2.45, 2.75) is 59.0 Å². The first kappa shape index (κ1) is 22.9. The number of hydrogen-bond donors (Lipinski definition) is 0. The largest absolute Gasteiger partial charge is 0.368 e. The fraction of sp³-hybridized carbons (Fsp3) is 0.538. The third kappa shape index (κ3) is 5.67. The number of likely N-dealkylation sites (N-methyl/N-ethyl adjacent to an activating group) is 1. The molecule has 0 spiro atoms. The van der Waals surface area contributed by atoms with E-state index >= 15 is 0 Å². The molecule has 2 aromatic rings. The third-order valence-electron chi connectivity index (χ3n) is 6.51. The van der Waals surface area contributed by atoms with E-state index in [0.717, 1.165) is 11.0 Å². The highest BCUT2D eigenvalue weighted by Gasteiger charge is 2.31. The first-order valence-corrected chi connectivity index (χ1v) is 11.2. The van der Waals surface area contributed by atoms with Crippen LogP contribution in [0.3, 0.4) is 0 Å². The van der Waals surface area contributed by atoms with Crippen molar-refractivity contribution in [1.82, 2.24) is 0 Å². The number of rotatable bonds is 8. The van der Waals surface area contributed by atoms with Gasteiger partial charge in [0.25, 0.3) is 0 Å². The minimum Gasteiger partial charge on any atom is -0.368 e. The number of aryl methyl sites for hydroxylation is 3. The summed E-state index contributed by atoms with van der Waals surface area (Å²) in [6.45, 7) is 10.3. The summed E-state index contributed by atoms with van der Waals surface area (Å²) in [6, 6.07) is 8.50. The summed E-state index contributed by atoms with van der Waals surface area (Å²) in [5, 5.41) is 0. The number of benzene rings is 2. The predicted molar refractivity (Wildman–Crippen MR) is 119 cm³/mol. The zero-order valence-electron chi connectivity index (χ0n) is 18.9. The molecule has 30 heavy (non-hydrogen) atoms. The average Bonchev–Trinajstić information content (AvgIpc) is 2.66. The van der Waals surface area contributed by atoms with Crippen molar-refractivity contribution in [3.63, 3.8) is 0 Å². The van der Waals surface area contributed by atoms with E-state index in [-0.39, 0.29) is 11.7 Å². The molecular formula is C26H36F2NO+. The van der Waals surface area contributed by atoms with Gasteiger partial charge < -0.3 is 9.22 Å². The van der Waals surface area contributed by atoms with Gasteiger partial charge in [-0.3, -0.25) is 0 Å². The van der Waals surface area contributed by atoms with Gasteiger partial charge in [0.1, 0.15) is 24.3 Å². The highest BCUT2D eigenvalue weighted by molar-refractivity contribution is 5.39. The number of nitrogens with zero attached hydrogens (tertiary/aromatic N) is 1. The van der Waals surface area contributed by atoms with Crippen LogP contribution >= 0.6 is 0 Å². The molecule has 1 aliphatic heterocycles. The van der Waals surface area contributed by atoms with Crippen LogP contribution in [0, 0.1) is 32.4 Å². The standard InChI is InChI=1S/C26H36F2NO/c1-19-16-20(2)26(21(3)17-19)25(18-29(4)13-6-5-7-14-29)30-15-9-10-22-23(27)11-8-12-24(22)28/h8,11-12,16-17,25H,5-7,9-10,13-15,18H2,1-4H3/q+1. The Bertz CT molecular complexity index is 815. The van der Waals surface area contributed by atoms with E-state index in [1.807, 2.05) is 0 Å². The molecule has 3 rings (SSSR count). The molecule has 4 heteroatoms. The number of hydrogen-bond acceptors (Lipinski definition) is 1. The van der Waals surface area contributed by atoms with Gasteiger partial charge in [0, 0.05) is 12.2 Å². The third-order valence-corrected chi connectivity index (χ3v) is 6.51. The van der Waals surface area contributed by atoms with E-state index in [4.69, 9.17) is 4.74 Å². The minimum absolute atomic E-state index is 0.000771. The number of halogens is 2. The lowest BCUT2D eigenvalue weighted by Crippen LogP contribution is -2.50. The fourth-order valence-electron chi connectivity index (χ4n) is 5.03. The van der Waals surface area contributed by atoms with Crippen LogP contribution in [0.5, 0.6) is 0 Å². The molecule has 0 amide bonds. The number of likely N-dealkylation sites (tertiary alicyclic amines) is 1. The lowest BCUT2D eigenvalue weighted by atomic mass is 9.94. The molecule has 2 nitrogen and oxygen atoms in total. The average molecular weight is 417 g/mol. The van der Waals surface area contributed by atoms with Crippen LogP contribution < -0.4 is 0 Å². The van der Waals surface area contributed by atoms with E-state index < -0.39 is 11.6 Å². The van der Waals surface area contributed by atoms with Crippen LogP contribution in [0.2, 0.25) is 0 Å². The van der Waals surface area contributed by atoms with Crippen molar-refractivity contribution >= 4 is 0 Å². The Kier molecular flexibility index (Phi) is 7.65. The first-order valence-electron chi connectivity index (χ1n) is 11.2. The van der Waals surface area contributed by atoms with Crippen LogP contribution in [0.25, 0.3) is 0 Å². The Morgan fingerprint density at radius 1 is 0.967 bits per heavy atom. The molecule has 2 aromatic carbocycles. The lowest BCUT2D eigenvalue weighted by Gasteiger charge is -2.40. The van der Waals surface area contributed by atoms with Crippen LogP contribution in [-0.4, -0.2) is 37.8 Å². The Hall–Kier alpha value is -1.78. The molecule has 0 N–H and O–H groups in total. The predicted octanol–water partition coefficient (Wildman–Crippen LogP) is 6.21. The smallest absolute Gasteiger partial charge is 0.132 e. The fourth-order valence-corrected chi connectivity index (χ4v) is 5.03. The molecule has 0 aromatic heterocycles. The van der Waals surface area contributed by atoms with Crippen molar-refractivity contribution < 1.29 is 18.0 Å². The summed E-state index contributed by atoms with van der Waals surface area (Å²) in [5.74, 6) is -0.939. The first-order chi connectivity index (χ1) is 14.3. The molecule has 1 saturated heterocycles.